The van der Waals surface area contributed by atoms with Crippen LogP contribution in [-0.4, -0.2) is 16.0 Å². The molecule has 0 radical (unpaired) electrons. The van der Waals surface area contributed by atoms with Crippen molar-refractivity contribution in [2.45, 2.75) is 42.2 Å². The third-order valence-electron chi connectivity index (χ3n) is 3.78. The van der Waals surface area contributed by atoms with E-state index < -0.39 is 10.8 Å². The predicted octanol–water partition coefficient (Wildman–Crippen LogP) is 4.01. The Labute approximate surface area is 127 Å². The average Bonchev–Trinajstić information content (AvgIpc) is 2.65. The molecule has 2 nitrogen and oxygen atoms in total. The highest BCUT2D eigenvalue weighted by Gasteiger charge is 2.29. The largest absolute Gasteiger partial charge is 0.330 e. The number of hydrogen-bond donors (Lipinski definition) is 1. The molecule has 1 fully saturated rings. The van der Waals surface area contributed by atoms with Crippen LogP contribution in [0.2, 0.25) is 10.0 Å². The second-order valence-electron chi connectivity index (χ2n) is 5.04. The Morgan fingerprint density at radius 1 is 1.21 bits per heavy atom. The fourth-order valence-corrected chi connectivity index (χ4v) is 5.09. The number of rotatable bonds is 3. The second-order valence-corrected chi connectivity index (χ2v) is 7.53. The van der Waals surface area contributed by atoms with Gasteiger partial charge < -0.3 is 5.73 Å². The normalized spacial score (nSPS) is 25.8. The lowest BCUT2D eigenvalue weighted by molar-refractivity contribution is 0.473. The van der Waals surface area contributed by atoms with Crippen LogP contribution in [0, 0.1) is 5.92 Å². The van der Waals surface area contributed by atoms with E-state index in [-0.39, 0.29) is 5.25 Å². The van der Waals surface area contributed by atoms with E-state index in [0.717, 1.165) is 19.3 Å². The minimum absolute atomic E-state index is 0.100. The predicted molar refractivity (Wildman–Crippen MR) is 82.3 cm³/mol. The first-order valence-corrected chi connectivity index (χ1v) is 8.66. The summed E-state index contributed by atoms with van der Waals surface area (Å²) in [4.78, 5) is 0.652. The van der Waals surface area contributed by atoms with Gasteiger partial charge in [-0.3, -0.25) is 4.21 Å². The molecule has 0 amide bonds. The molecule has 1 saturated carbocycles. The topological polar surface area (TPSA) is 43.1 Å². The number of halogens is 2. The Kier molecular flexibility index (Phi) is 5.70. The highest BCUT2D eigenvalue weighted by Crippen LogP contribution is 2.33. The van der Waals surface area contributed by atoms with Crippen molar-refractivity contribution in [3.05, 3.63) is 28.2 Å². The molecule has 19 heavy (non-hydrogen) atoms. The van der Waals surface area contributed by atoms with Gasteiger partial charge in [0.05, 0.1) is 20.7 Å². The summed E-state index contributed by atoms with van der Waals surface area (Å²) in [6.07, 6.45) is 5.51. The van der Waals surface area contributed by atoms with Gasteiger partial charge in [0, 0.05) is 10.3 Å². The maximum atomic E-state index is 12.8. The fraction of sp³-hybridized carbons (Fsp3) is 0.571. The Morgan fingerprint density at radius 2 is 1.95 bits per heavy atom. The molecule has 0 aliphatic heterocycles. The Morgan fingerprint density at radius 3 is 2.68 bits per heavy atom. The van der Waals surface area contributed by atoms with Crippen LogP contribution in [0.1, 0.15) is 32.1 Å². The molecule has 3 atom stereocenters. The van der Waals surface area contributed by atoms with E-state index in [9.17, 15) is 4.21 Å². The monoisotopic (exact) mass is 319 g/mol. The number of nitrogens with two attached hydrogens (primary N) is 1. The molecular weight excluding hydrogens is 301 g/mol. The van der Waals surface area contributed by atoms with E-state index >= 15 is 0 Å². The molecule has 1 aliphatic carbocycles. The van der Waals surface area contributed by atoms with E-state index in [0.29, 0.717) is 27.4 Å². The van der Waals surface area contributed by atoms with Crippen LogP contribution in [0.25, 0.3) is 0 Å². The molecule has 1 aliphatic rings. The SMILES string of the molecule is NCC1CCCCCC1S(=O)c1cc(Cl)ccc1Cl. The Hall–Kier alpha value is -0.0900. The first kappa shape index (κ1) is 15.3. The van der Waals surface area contributed by atoms with Crippen LogP contribution in [-0.2, 0) is 10.8 Å². The van der Waals surface area contributed by atoms with Gasteiger partial charge in [-0.25, -0.2) is 0 Å². The third kappa shape index (κ3) is 3.72. The molecule has 2 N–H and O–H groups in total. The van der Waals surface area contributed by atoms with Gasteiger partial charge in [-0.05, 0) is 43.5 Å². The first-order valence-electron chi connectivity index (χ1n) is 6.69. The maximum Gasteiger partial charge on any atom is 0.0592 e. The van der Waals surface area contributed by atoms with Crippen molar-refractivity contribution in [3.63, 3.8) is 0 Å². The summed E-state index contributed by atoms with van der Waals surface area (Å²) in [6.45, 7) is 0.592. The van der Waals surface area contributed by atoms with E-state index in [1.165, 1.54) is 12.8 Å². The average molecular weight is 320 g/mol. The van der Waals surface area contributed by atoms with Crippen molar-refractivity contribution in [3.8, 4) is 0 Å². The lowest BCUT2D eigenvalue weighted by Gasteiger charge is -2.23. The second kappa shape index (κ2) is 7.07. The molecule has 2 rings (SSSR count). The smallest absolute Gasteiger partial charge is 0.0592 e. The van der Waals surface area contributed by atoms with Gasteiger partial charge in [-0.1, -0.05) is 42.5 Å². The van der Waals surface area contributed by atoms with Gasteiger partial charge in [0.1, 0.15) is 0 Å². The van der Waals surface area contributed by atoms with Gasteiger partial charge >= 0.3 is 0 Å². The van der Waals surface area contributed by atoms with Gasteiger partial charge in [0.15, 0.2) is 0 Å². The first-order chi connectivity index (χ1) is 9.13. The quantitative estimate of drug-likeness (QED) is 0.855. The number of hydrogen-bond acceptors (Lipinski definition) is 2. The van der Waals surface area contributed by atoms with Crippen molar-refractivity contribution in [2.75, 3.05) is 6.54 Å². The van der Waals surface area contributed by atoms with Crippen LogP contribution in [0.5, 0.6) is 0 Å². The molecule has 1 aromatic carbocycles. The van der Waals surface area contributed by atoms with Crippen LogP contribution >= 0.6 is 23.2 Å². The summed E-state index contributed by atoms with van der Waals surface area (Å²) in [5.41, 5.74) is 5.85. The maximum absolute atomic E-state index is 12.8. The highest BCUT2D eigenvalue weighted by molar-refractivity contribution is 7.85. The minimum Gasteiger partial charge on any atom is -0.330 e. The van der Waals surface area contributed by atoms with Crippen molar-refractivity contribution in [1.29, 1.82) is 0 Å². The molecule has 0 bridgehead atoms. The summed E-state index contributed by atoms with van der Waals surface area (Å²) < 4.78 is 12.8. The molecule has 1 aromatic rings. The van der Waals surface area contributed by atoms with Crippen molar-refractivity contribution >= 4 is 34.0 Å². The van der Waals surface area contributed by atoms with Gasteiger partial charge in [-0.15, -0.1) is 0 Å². The molecule has 5 heteroatoms. The van der Waals surface area contributed by atoms with E-state index in [2.05, 4.69) is 0 Å². The van der Waals surface area contributed by atoms with Crippen molar-refractivity contribution in [2.24, 2.45) is 11.7 Å². The van der Waals surface area contributed by atoms with Crippen LogP contribution in [0.15, 0.2) is 23.1 Å². The zero-order valence-electron chi connectivity index (χ0n) is 10.8. The van der Waals surface area contributed by atoms with Crippen LogP contribution < -0.4 is 5.73 Å². The number of benzene rings is 1. The van der Waals surface area contributed by atoms with E-state index in [4.69, 9.17) is 28.9 Å². The molecule has 0 spiro atoms. The summed E-state index contributed by atoms with van der Waals surface area (Å²) in [5.74, 6) is 0.318. The summed E-state index contributed by atoms with van der Waals surface area (Å²) in [7, 11) is -1.13. The zero-order chi connectivity index (χ0) is 13.8. The van der Waals surface area contributed by atoms with Gasteiger partial charge in [0.25, 0.3) is 0 Å². The van der Waals surface area contributed by atoms with E-state index in [1.54, 1.807) is 18.2 Å². The third-order valence-corrected chi connectivity index (χ3v) is 6.40. The summed E-state index contributed by atoms with van der Waals surface area (Å²) >= 11 is 12.1. The van der Waals surface area contributed by atoms with Crippen molar-refractivity contribution in [1.82, 2.24) is 0 Å². The summed E-state index contributed by atoms with van der Waals surface area (Å²) in [6, 6.07) is 5.15. The lowest BCUT2D eigenvalue weighted by atomic mass is 10.0. The van der Waals surface area contributed by atoms with Crippen LogP contribution in [0.3, 0.4) is 0 Å². The van der Waals surface area contributed by atoms with Crippen LogP contribution in [0.4, 0.5) is 0 Å². The standard InChI is InChI=1S/C14H19Cl2NOS/c15-11-6-7-12(16)14(8-11)19(18)13-5-3-1-2-4-10(13)9-17/h6-8,10,13H,1-5,9,17H2. The molecule has 106 valence electrons. The van der Waals surface area contributed by atoms with Crippen molar-refractivity contribution < 1.29 is 4.21 Å². The fourth-order valence-electron chi connectivity index (χ4n) is 2.70. The zero-order valence-corrected chi connectivity index (χ0v) is 13.1. The molecule has 0 saturated heterocycles. The van der Waals surface area contributed by atoms with Gasteiger partial charge in [-0.2, -0.15) is 0 Å². The molecule has 0 heterocycles. The Bertz CT molecular complexity index is 467. The molecule has 0 aromatic heterocycles. The molecular formula is C14H19Cl2NOS. The van der Waals surface area contributed by atoms with Gasteiger partial charge in [0.2, 0.25) is 0 Å². The minimum atomic E-state index is -1.13. The molecule has 3 unspecified atom stereocenters. The lowest BCUT2D eigenvalue weighted by Crippen LogP contribution is -2.30. The highest BCUT2D eigenvalue weighted by atomic mass is 35.5. The summed E-state index contributed by atoms with van der Waals surface area (Å²) in [5, 5.41) is 1.21. The van der Waals surface area contributed by atoms with E-state index in [1.807, 2.05) is 0 Å². The Balaban J connectivity index is 2.27.